The lowest BCUT2D eigenvalue weighted by molar-refractivity contribution is -0.138. The summed E-state index contributed by atoms with van der Waals surface area (Å²) in [5.74, 6) is -2.45. The maximum atomic E-state index is 12.9. The van der Waals surface area contributed by atoms with Crippen molar-refractivity contribution >= 4 is 17.7 Å². The molecule has 1 amide bonds. The van der Waals surface area contributed by atoms with Crippen molar-refractivity contribution in [3.63, 3.8) is 0 Å². The van der Waals surface area contributed by atoms with Crippen LogP contribution >= 0.6 is 0 Å². The number of carboxylic acids is 1. The third kappa shape index (κ3) is 4.83. The molecule has 1 unspecified atom stereocenters. The smallest absolute Gasteiger partial charge is 0.311 e. The van der Waals surface area contributed by atoms with E-state index in [1.807, 2.05) is 36.4 Å². The Morgan fingerprint density at radius 2 is 1.59 bits per heavy atom. The van der Waals surface area contributed by atoms with Crippen molar-refractivity contribution in [1.82, 2.24) is 4.90 Å². The van der Waals surface area contributed by atoms with Crippen LogP contribution in [0.5, 0.6) is 0 Å². The predicted octanol–water partition coefficient (Wildman–Crippen LogP) is 4.84. The van der Waals surface area contributed by atoms with Crippen molar-refractivity contribution in [1.29, 1.82) is 0 Å². The minimum atomic E-state index is -1.02. The highest BCUT2D eigenvalue weighted by molar-refractivity contribution is 6.09. The van der Waals surface area contributed by atoms with Gasteiger partial charge in [-0.05, 0) is 46.9 Å². The molecule has 1 N–H and O–H groups in total. The van der Waals surface area contributed by atoms with Crippen LogP contribution < -0.4 is 0 Å². The molecule has 0 heterocycles. The van der Waals surface area contributed by atoms with Gasteiger partial charge in [-0.2, -0.15) is 0 Å². The SMILES string of the molecule is C=CC(=O)c1ccccc1-c1ccc(C(=O)N(C)C)c(C(Cc2ccccc2)C(=O)O)c1. The lowest BCUT2D eigenvalue weighted by Crippen LogP contribution is -2.25. The molecule has 0 spiro atoms. The van der Waals surface area contributed by atoms with Crippen LogP contribution in [0.25, 0.3) is 11.1 Å². The number of aliphatic carboxylic acids is 1. The van der Waals surface area contributed by atoms with Crippen LogP contribution in [0.4, 0.5) is 0 Å². The Hall–Kier alpha value is -3.99. The van der Waals surface area contributed by atoms with Crippen molar-refractivity contribution in [3.05, 3.63) is 108 Å². The molecule has 0 fully saturated rings. The van der Waals surface area contributed by atoms with Gasteiger partial charge in [0.05, 0.1) is 5.92 Å². The van der Waals surface area contributed by atoms with E-state index in [4.69, 9.17) is 0 Å². The zero-order valence-electron chi connectivity index (χ0n) is 18.1. The minimum Gasteiger partial charge on any atom is -0.481 e. The second-order valence-corrected chi connectivity index (χ2v) is 7.70. The van der Waals surface area contributed by atoms with Gasteiger partial charge >= 0.3 is 5.97 Å². The Morgan fingerprint density at radius 3 is 2.22 bits per heavy atom. The first-order valence-corrected chi connectivity index (χ1v) is 10.2. The Labute approximate surface area is 187 Å². The lowest BCUT2D eigenvalue weighted by Gasteiger charge is -2.21. The predicted molar refractivity (Wildman–Crippen MR) is 125 cm³/mol. The van der Waals surface area contributed by atoms with Gasteiger partial charge in [0.1, 0.15) is 0 Å². The fourth-order valence-electron chi connectivity index (χ4n) is 3.69. The Kier molecular flexibility index (Phi) is 7.00. The average molecular weight is 428 g/mol. The lowest BCUT2D eigenvalue weighted by atomic mass is 9.85. The van der Waals surface area contributed by atoms with Crippen LogP contribution in [0.15, 0.2) is 85.5 Å². The van der Waals surface area contributed by atoms with Gasteiger partial charge in [0.15, 0.2) is 5.78 Å². The number of amides is 1. The highest BCUT2D eigenvalue weighted by atomic mass is 16.4. The topological polar surface area (TPSA) is 74.7 Å². The standard InChI is InChI=1S/C27H25NO4/c1-4-25(29)21-13-9-8-12-20(21)19-14-15-22(26(30)28(2)3)23(17-19)24(27(31)32)16-18-10-6-5-7-11-18/h4-15,17,24H,1,16H2,2-3H3,(H,31,32). The third-order valence-corrected chi connectivity index (χ3v) is 5.33. The number of hydrogen-bond acceptors (Lipinski definition) is 3. The Balaban J connectivity index is 2.20. The van der Waals surface area contributed by atoms with Gasteiger partial charge in [0, 0.05) is 25.2 Å². The van der Waals surface area contributed by atoms with Crippen molar-refractivity contribution in [2.45, 2.75) is 12.3 Å². The van der Waals surface area contributed by atoms with E-state index in [1.165, 1.54) is 11.0 Å². The first-order chi connectivity index (χ1) is 15.3. The fraction of sp³-hybridized carbons (Fsp3) is 0.148. The summed E-state index contributed by atoms with van der Waals surface area (Å²) < 4.78 is 0. The molecular formula is C27H25NO4. The van der Waals surface area contributed by atoms with Crippen LogP contribution in [0, 0.1) is 0 Å². The molecule has 1 atom stereocenters. The monoisotopic (exact) mass is 427 g/mol. The molecule has 0 saturated heterocycles. The van der Waals surface area contributed by atoms with Crippen LogP contribution in [0.2, 0.25) is 0 Å². The second kappa shape index (κ2) is 9.88. The van der Waals surface area contributed by atoms with Gasteiger partial charge in [0.25, 0.3) is 5.91 Å². The van der Waals surface area contributed by atoms with Crippen LogP contribution in [0.3, 0.4) is 0 Å². The molecule has 5 nitrogen and oxygen atoms in total. The molecule has 0 bridgehead atoms. The summed E-state index contributed by atoms with van der Waals surface area (Å²) in [5, 5.41) is 10.1. The summed E-state index contributed by atoms with van der Waals surface area (Å²) in [7, 11) is 3.26. The number of ketones is 1. The zero-order valence-corrected chi connectivity index (χ0v) is 18.1. The summed E-state index contributed by atoms with van der Waals surface area (Å²) in [5.41, 5.74) is 3.39. The number of rotatable bonds is 8. The Bertz CT molecular complexity index is 1170. The summed E-state index contributed by atoms with van der Waals surface area (Å²) in [4.78, 5) is 39.0. The quantitative estimate of drug-likeness (QED) is 0.413. The van der Waals surface area contributed by atoms with Crippen molar-refractivity contribution in [2.24, 2.45) is 0 Å². The first kappa shape index (κ1) is 22.7. The molecule has 3 aromatic carbocycles. The highest BCUT2D eigenvalue weighted by Crippen LogP contribution is 2.32. The van der Waals surface area contributed by atoms with E-state index >= 15 is 0 Å². The molecule has 0 radical (unpaired) electrons. The summed E-state index contributed by atoms with van der Waals surface area (Å²) in [6, 6.07) is 21.5. The van der Waals surface area contributed by atoms with Crippen molar-refractivity contribution in [2.75, 3.05) is 14.1 Å². The normalized spacial score (nSPS) is 11.4. The van der Waals surface area contributed by atoms with Gasteiger partial charge in [0.2, 0.25) is 0 Å². The molecule has 32 heavy (non-hydrogen) atoms. The van der Waals surface area contributed by atoms with E-state index in [2.05, 4.69) is 6.58 Å². The molecule has 0 aromatic heterocycles. The van der Waals surface area contributed by atoms with Gasteiger partial charge in [-0.3, -0.25) is 14.4 Å². The van der Waals surface area contributed by atoms with Crippen molar-refractivity contribution in [3.8, 4) is 11.1 Å². The van der Waals surface area contributed by atoms with E-state index in [0.717, 1.165) is 5.56 Å². The number of benzene rings is 3. The maximum Gasteiger partial charge on any atom is 0.311 e. The van der Waals surface area contributed by atoms with Gasteiger partial charge < -0.3 is 10.0 Å². The van der Waals surface area contributed by atoms with E-state index < -0.39 is 11.9 Å². The van der Waals surface area contributed by atoms with Crippen LogP contribution in [-0.2, 0) is 11.2 Å². The van der Waals surface area contributed by atoms with E-state index in [1.54, 1.807) is 50.5 Å². The minimum absolute atomic E-state index is 0.227. The van der Waals surface area contributed by atoms with Crippen LogP contribution in [0.1, 0.15) is 37.8 Å². The summed E-state index contributed by atoms with van der Waals surface area (Å²) in [6.07, 6.45) is 1.49. The number of allylic oxidation sites excluding steroid dienone is 1. The molecule has 5 heteroatoms. The van der Waals surface area contributed by atoms with E-state index in [9.17, 15) is 19.5 Å². The summed E-state index contributed by atoms with van der Waals surface area (Å²) >= 11 is 0. The van der Waals surface area contributed by atoms with Crippen molar-refractivity contribution < 1.29 is 19.5 Å². The van der Waals surface area contributed by atoms with Gasteiger partial charge in [-0.1, -0.05) is 67.2 Å². The summed E-state index contributed by atoms with van der Waals surface area (Å²) in [6.45, 7) is 3.57. The van der Waals surface area contributed by atoms with E-state index in [-0.39, 0.29) is 18.1 Å². The third-order valence-electron chi connectivity index (χ3n) is 5.33. The molecule has 3 aromatic rings. The average Bonchev–Trinajstić information content (AvgIpc) is 2.81. The molecule has 0 aliphatic carbocycles. The number of carbonyl (C=O) groups is 3. The number of hydrogen-bond donors (Lipinski definition) is 1. The number of carboxylic acid groups (broad SMARTS) is 1. The zero-order chi connectivity index (χ0) is 23.3. The second-order valence-electron chi connectivity index (χ2n) is 7.70. The maximum absolute atomic E-state index is 12.9. The Morgan fingerprint density at radius 1 is 0.938 bits per heavy atom. The largest absolute Gasteiger partial charge is 0.481 e. The molecule has 0 aliphatic heterocycles. The molecule has 0 aliphatic rings. The van der Waals surface area contributed by atoms with Gasteiger partial charge in [-0.15, -0.1) is 0 Å². The highest BCUT2D eigenvalue weighted by Gasteiger charge is 2.27. The molecule has 162 valence electrons. The fourth-order valence-corrected chi connectivity index (χ4v) is 3.69. The first-order valence-electron chi connectivity index (χ1n) is 10.2. The number of nitrogens with zero attached hydrogens (tertiary/aromatic N) is 1. The van der Waals surface area contributed by atoms with E-state index in [0.29, 0.717) is 27.8 Å². The number of carbonyl (C=O) groups excluding carboxylic acids is 2. The van der Waals surface area contributed by atoms with Gasteiger partial charge in [-0.25, -0.2) is 0 Å². The molecule has 3 rings (SSSR count). The molecular weight excluding hydrogens is 402 g/mol. The molecule has 0 saturated carbocycles. The van der Waals surface area contributed by atoms with Crippen LogP contribution in [-0.4, -0.2) is 41.8 Å².